The predicted octanol–water partition coefficient (Wildman–Crippen LogP) is 4.91. The van der Waals surface area contributed by atoms with Crippen molar-refractivity contribution in [2.24, 2.45) is 0 Å². The van der Waals surface area contributed by atoms with Crippen molar-refractivity contribution in [1.29, 1.82) is 0 Å². The van der Waals surface area contributed by atoms with Gasteiger partial charge in [-0.15, -0.1) is 0 Å². The number of hydrogen-bond acceptors (Lipinski definition) is 2. The Bertz CT molecular complexity index is 846. The lowest BCUT2D eigenvalue weighted by atomic mass is 10.1. The first-order chi connectivity index (χ1) is 10.6. The highest BCUT2D eigenvalue weighted by Crippen LogP contribution is 2.25. The fourth-order valence-electron chi connectivity index (χ4n) is 2.07. The predicted molar refractivity (Wildman–Crippen MR) is 87.1 cm³/mol. The molecule has 0 fully saturated rings. The van der Waals surface area contributed by atoms with Crippen LogP contribution in [0.25, 0.3) is 16.9 Å². The topological polar surface area (TPSA) is 34.9 Å². The molecule has 0 aliphatic rings. The van der Waals surface area contributed by atoms with Gasteiger partial charge in [-0.25, -0.2) is 9.07 Å². The number of carbonyl (C=O) groups is 1. The molecule has 0 atom stereocenters. The summed E-state index contributed by atoms with van der Waals surface area (Å²) < 4.78 is 15.7. The van der Waals surface area contributed by atoms with Crippen LogP contribution in [0.5, 0.6) is 0 Å². The molecule has 3 rings (SSSR count). The third kappa shape index (κ3) is 2.82. The van der Waals surface area contributed by atoms with Gasteiger partial charge in [-0.05, 0) is 30.3 Å². The molecule has 0 saturated heterocycles. The fraction of sp³-hybridized carbons (Fsp3) is 0. The minimum absolute atomic E-state index is 0.00541. The average Bonchev–Trinajstić information content (AvgIpc) is 2.95. The number of carbonyl (C=O) groups excluding carboxylic acids is 1. The van der Waals surface area contributed by atoms with Crippen molar-refractivity contribution >= 4 is 33.8 Å². The SMILES string of the molecule is O=Cc1cn(-c2ccc(F)c(Cl)c2)nc1-c1ccc(Br)cc1. The van der Waals surface area contributed by atoms with Gasteiger partial charge in [-0.1, -0.05) is 39.7 Å². The molecule has 0 unspecified atom stereocenters. The molecule has 0 radical (unpaired) electrons. The summed E-state index contributed by atoms with van der Waals surface area (Å²) in [6, 6.07) is 11.7. The summed E-state index contributed by atoms with van der Waals surface area (Å²) in [6.45, 7) is 0. The molecule has 0 aliphatic heterocycles. The number of benzene rings is 2. The van der Waals surface area contributed by atoms with E-state index in [0.29, 0.717) is 16.9 Å². The summed E-state index contributed by atoms with van der Waals surface area (Å²) in [5, 5.41) is 4.42. The molecule has 0 bridgehead atoms. The van der Waals surface area contributed by atoms with Crippen LogP contribution in [0.1, 0.15) is 10.4 Å². The van der Waals surface area contributed by atoms with Crippen molar-refractivity contribution < 1.29 is 9.18 Å². The van der Waals surface area contributed by atoms with Crippen molar-refractivity contribution in [3.05, 3.63) is 69.5 Å². The quantitative estimate of drug-likeness (QED) is 0.606. The van der Waals surface area contributed by atoms with Gasteiger partial charge in [0.05, 0.1) is 16.3 Å². The highest BCUT2D eigenvalue weighted by molar-refractivity contribution is 9.10. The summed E-state index contributed by atoms with van der Waals surface area (Å²) in [7, 11) is 0. The number of hydrogen-bond donors (Lipinski definition) is 0. The number of aromatic nitrogens is 2. The molecule has 1 aromatic heterocycles. The van der Waals surface area contributed by atoms with Crippen LogP contribution in [0.4, 0.5) is 4.39 Å². The molecule has 0 saturated carbocycles. The molecule has 0 spiro atoms. The molecule has 22 heavy (non-hydrogen) atoms. The maximum atomic E-state index is 13.2. The van der Waals surface area contributed by atoms with Gasteiger partial charge in [0.15, 0.2) is 6.29 Å². The Morgan fingerprint density at radius 1 is 1.18 bits per heavy atom. The second kappa shape index (κ2) is 6.02. The van der Waals surface area contributed by atoms with Crippen molar-refractivity contribution in [3.63, 3.8) is 0 Å². The van der Waals surface area contributed by atoms with Crippen LogP contribution >= 0.6 is 27.5 Å². The Morgan fingerprint density at radius 3 is 2.55 bits per heavy atom. The number of halogens is 3. The summed E-state index contributed by atoms with van der Waals surface area (Å²) >= 11 is 9.15. The Kier molecular flexibility index (Phi) is 4.09. The minimum atomic E-state index is -0.499. The molecule has 6 heteroatoms. The molecule has 0 amide bonds. The fourth-order valence-corrected chi connectivity index (χ4v) is 2.50. The van der Waals surface area contributed by atoms with Crippen molar-refractivity contribution in [2.75, 3.05) is 0 Å². The van der Waals surface area contributed by atoms with Crippen LogP contribution in [-0.2, 0) is 0 Å². The summed E-state index contributed by atoms with van der Waals surface area (Å²) in [4.78, 5) is 11.3. The van der Waals surface area contributed by atoms with Crippen LogP contribution in [0.15, 0.2) is 53.1 Å². The molecular weight excluding hydrogens is 371 g/mol. The number of rotatable bonds is 3. The van der Waals surface area contributed by atoms with Crippen molar-refractivity contribution in [1.82, 2.24) is 9.78 Å². The number of aldehydes is 1. The lowest BCUT2D eigenvalue weighted by molar-refractivity contribution is 0.112. The van der Waals surface area contributed by atoms with Gasteiger partial charge in [0.25, 0.3) is 0 Å². The highest BCUT2D eigenvalue weighted by atomic mass is 79.9. The van der Waals surface area contributed by atoms with E-state index in [1.807, 2.05) is 24.3 Å². The zero-order valence-electron chi connectivity index (χ0n) is 11.1. The van der Waals surface area contributed by atoms with E-state index in [4.69, 9.17) is 11.6 Å². The maximum absolute atomic E-state index is 13.2. The molecule has 2 aromatic carbocycles. The second-order valence-electron chi connectivity index (χ2n) is 4.60. The first kappa shape index (κ1) is 14.9. The first-order valence-electron chi connectivity index (χ1n) is 6.34. The van der Waals surface area contributed by atoms with E-state index < -0.39 is 5.82 Å². The van der Waals surface area contributed by atoms with E-state index in [2.05, 4.69) is 21.0 Å². The van der Waals surface area contributed by atoms with E-state index >= 15 is 0 Å². The molecular formula is C16H9BrClFN2O. The van der Waals surface area contributed by atoms with E-state index in [1.54, 1.807) is 12.3 Å². The van der Waals surface area contributed by atoms with Crippen LogP contribution in [-0.4, -0.2) is 16.1 Å². The molecule has 3 nitrogen and oxygen atoms in total. The van der Waals surface area contributed by atoms with E-state index in [1.165, 1.54) is 16.8 Å². The normalized spacial score (nSPS) is 10.7. The Balaban J connectivity index is 2.09. The van der Waals surface area contributed by atoms with Crippen molar-refractivity contribution in [2.45, 2.75) is 0 Å². The van der Waals surface area contributed by atoms with Gasteiger partial charge in [-0.2, -0.15) is 5.10 Å². The van der Waals surface area contributed by atoms with Gasteiger partial charge >= 0.3 is 0 Å². The summed E-state index contributed by atoms with van der Waals surface area (Å²) in [5.41, 5.74) is 2.40. The smallest absolute Gasteiger partial charge is 0.153 e. The summed E-state index contributed by atoms with van der Waals surface area (Å²) in [5.74, 6) is -0.499. The molecule has 0 N–H and O–H groups in total. The van der Waals surface area contributed by atoms with Gasteiger partial charge in [0.2, 0.25) is 0 Å². The average molecular weight is 380 g/mol. The Morgan fingerprint density at radius 2 is 1.91 bits per heavy atom. The van der Waals surface area contributed by atoms with E-state index in [-0.39, 0.29) is 5.02 Å². The zero-order valence-corrected chi connectivity index (χ0v) is 13.5. The molecule has 110 valence electrons. The molecule has 1 heterocycles. The maximum Gasteiger partial charge on any atom is 0.153 e. The van der Waals surface area contributed by atoms with Crippen LogP contribution < -0.4 is 0 Å². The highest BCUT2D eigenvalue weighted by Gasteiger charge is 2.12. The standard InChI is InChI=1S/C16H9BrClFN2O/c17-12-3-1-10(2-4-12)16-11(9-22)8-21(20-16)13-5-6-15(19)14(18)7-13/h1-9H. The van der Waals surface area contributed by atoms with Gasteiger partial charge < -0.3 is 0 Å². The van der Waals surface area contributed by atoms with E-state index in [0.717, 1.165) is 16.3 Å². The zero-order chi connectivity index (χ0) is 15.7. The van der Waals surface area contributed by atoms with Crippen molar-refractivity contribution in [3.8, 4) is 16.9 Å². The van der Waals surface area contributed by atoms with Crippen LogP contribution in [0.2, 0.25) is 5.02 Å². The minimum Gasteiger partial charge on any atom is -0.298 e. The van der Waals surface area contributed by atoms with Gasteiger partial charge in [0.1, 0.15) is 11.5 Å². The monoisotopic (exact) mass is 378 g/mol. The molecule has 0 aliphatic carbocycles. The second-order valence-corrected chi connectivity index (χ2v) is 5.92. The lowest BCUT2D eigenvalue weighted by Crippen LogP contribution is -1.95. The third-order valence-electron chi connectivity index (χ3n) is 3.15. The molecule has 3 aromatic rings. The summed E-state index contributed by atoms with van der Waals surface area (Å²) in [6.07, 6.45) is 2.33. The number of nitrogens with zero attached hydrogens (tertiary/aromatic N) is 2. The van der Waals surface area contributed by atoms with Crippen LogP contribution in [0, 0.1) is 5.82 Å². The van der Waals surface area contributed by atoms with Gasteiger partial charge in [0, 0.05) is 16.2 Å². The van der Waals surface area contributed by atoms with Gasteiger partial charge in [-0.3, -0.25) is 4.79 Å². The first-order valence-corrected chi connectivity index (χ1v) is 7.52. The van der Waals surface area contributed by atoms with Crippen LogP contribution in [0.3, 0.4) is 0 Å². The third-order valence-corrected chi connectivity index (χ3v) is 3.97. The Labute approximate surface area is 139 Å². The Hall–Kier alpha value is -1.98. The van der Waals surface area contributed by atoms with E-state index in [9.17, 15) is 9.18 Å². The lowest BCUT2D eigenvalue weighted by Gasteiger charge is -2.02. The largest absolute Gasteiger partial charge is 0.298 e.